The lowest BCUT2D eigenvalue weighted by Gasteiger charge is -2.19. The molecule has 0 saturated carbocycles. The Morgan fingerprint density at radius 1 is 1.31 bits per heavy atom. The van der Waals surface area contributed by atoms with Crippen LogP contribution in [0.15, 0.2) is 12.7 Å². The van der Waals surface area contributed by atoms with E-state index in [-0.39, 0.29) is 6.29 Å². The zero-order chi connectivity index (χ0) is 12.4. The van der Waals surface area contributed by atoms with E-state index in [0.717, 1.165) is 25.3 Å². The van der Waals surface area contributed by atoms with Gasteiger partial charge in [0, 0.05) is 12.7 Å². The third-order valence-electron chi connectivity index (χ3n) is 1.93. The molecule has 0 spiro atoms. The van der Waals surface area contributed by atoms with Crippen LogP contribution >= 0.6 is 0 Å². The zero-order valence-corrected chi connectivity index (χ0v) is 10.4. The highest BCUT2D eigenvalue weighted by atomic mass is 16.8. The molecule has 94 valence electrons. The second-order valence-corrected chi connectivity index (χ2v) is 3.49. The van der Waals surface area contributed by atoms with Gasteiger partial charge in [0.15, 0.2) is 6.29 Å². The van der Waals surface area contributed by atoms with Gasteiger partial charge < -0.3 is 14.2 Å². The lowest BCUT2D eigenvalue weighted by Crippen LogP contribution is -2.24. The molecule has 0 aromatic carbocycles. The van der Waals surface area contributed by atoms with Crippen molar-refractivity contribution >= 4 is 5.97 Å². The standard InChI is InChI=1S/C12H22O4/c1-5-7-8-9-14-10(3)15-11(4)16-12(13)6-2/h6,10-11H,2,5,7-9H2,1,3-4H3. The minimum Gasteiger partial charge on any atom is -0.433 e. The van der Waals surface area contributed by atoms with E-state index in [1.165, 1.54) is 0 Å². The summed E-state index contributed by atoms with van der Waals surface area (Å²) < 4.78 is 15.5. The fraction of sp³-hybridized carbons (Fsp3) is 0.750. The highest BCUT2D eigenvalue weighted by molar-refractivity contribution is 5.81. The molecule has 16 heavy (non-hydrogen) atoms. The Balaban J connectivity index is 3.57. The Bertz CT molecular complexity index is 203. The number of esters is 1. The summed E-state index contributed by atoms with van der Waals surface area (Å²) in [5, 5.41) is 0. The lowest BCUT2D eigenvalue weighted by atomic mass is 10.3. The molecule has 4 nitrogen and oxygen atoms in total. The minimum absolute atomic E-state index is 0.371. The van der Waals surface area contributed by atoms with E-state index in [1.807, 2.05) is 0 Å². The van der Waals surface area contributed by atoms with Crippen molar-refractivity contribution in [1.29, 1.82) is 0 Å². The summed E-state index contributed by atoms with van der Waals surface area (Å²) in [6.07, 6.45) is 3.44. The van der Waals surface area contributed by atoms with Gasteiger partial charge in [-0.1, -0.05) is 26.3 Å². The maximum Gasteiger partial charge on any atom is 0.332 e. The van der Waals surface area contributed by atoms with Crippen molar-refractivity contribution in [2.24, 2.45) is 0 Å². The summed E-state index contributed by atoms with van der Waals surface area (Å²) in [5.74, 6) is -0.495. The zero-order valence-electron chi connectivity index (χ0n) is 10.4. The van der Waals surface area contributed by atoms with Crippen LogP contribution < -0.4 is 0 Å². The van der Waals surface area contributed by atoms with E-state index in [2.05, 4.69) is 13.5 Å². The normalized spacial score (nSPS) is 14.2. The molecule has 0 heterocycles. The molecule has 0 aliphatic carbocycles. The summed E-state index contributed by atoms with van der Waals surface area (Å²) in [4.78, 5) is 10.8. The first kappa shape index (κ1) is 15.1. The third-order valence-corrected chi connectivity index (χ3v) is 1.93. The number of ether oxygens (including phenoxy) is 3. The molecule has 2 atom stereocenters. The second kappa shape index (κ2) is 9.36. The van der Waals surface area contributed by atoms with Gasteiger partial charge in [0.2, 0.25) is 6.29 Å². The van der Waals surface area contributed by atoms with Crippen molar-refractivity contribution in [3.05, 3.63) is 12.7 Å². The van der Waals surface area contributed by atoms with Crippen molar-refractivity contribution in [2.45, 2.75) is 52.6 Å². The topological polar surface area (TPSA) is 44.8 Å². The average Bonchev–Trinajstić information content (AvgIpc) is 2.24. The summed E-state index contributed by atoms with van der Waals surface area (Å²) in [6.45, 7) is 9.53. The van der Waals surface area contributed by atoms with Crippen LogP contribution in [0.4, 0.5) is 0 Å². The van der Waals surface area contributed by atoms with Gasteiger partial charge in [0.25, 0.3) is 0 Å². The molecule has 4 heteroatoms. The Kier molecular flexibility index (Phi) is 8.85. The monoisotopic (exact) mass is 230 g/mol. The van der Waals surface area contributed by atoms with Crippen LogP contribution in [0.3, 0.4) is 0 Å². The molecule has 2 unspecified atom stereocenters. The van der Waals surface area contributed by atoms with Crippen molar-refractivity contribution in [3.63, 3.8) is 0 Å². The molecule has 0 aromatic heterocycles. The molecular formula is C12H22O4. The third kappa shape index (κ3) is 8.44. The van der Waals surface area contributed by atoms with Crippen LogP contribution in [0.5, 0.6) is 0 Å². The van der Waals surface area contributed by atoms with Crippen LogP contribution in [-0.2, 0) is 19.0 Å². The Hall–Kier alpha value is -0.870. The van der Waals surface area contributed by atoms with Crippen LogP contribution in [0.25, 0.3) is 0 Å². The van der Waals surface area contributed by atoms with Crippen LogP contribution in [0, 0.1) is 0 Å². The van der Waals surface area contributed by atoms with E-state index in [0.29, 0.717) is 6.61 Å². The Morgan fingerprint density at radius 3 is 2.56 bits per heavy atom. The van der Waals surface area contributed by atoms with E-state index >= 15 is 0 Å². The number of unbranched alkanes of at least 4 members (excludes halogenated alkanes) is 2. The lowest BCUT2D eigenvalue weighted by molar-refractivity contribution is -0.226. The van der Waals surface area contributed by atoms with Gasteiger partial charge in [0.05, 0.1) is 0 Å². The van der Waals surface area contributed by atoms with Gasteiger partial charge in [0.1, 0.15) is 0 Å². The van der Waals surface area contributed by atoms with Gasteiger partial charge in [-0.15, -0.1) is 0 Å². The van der Waals surface area contributed by atoms with Crippen molar-refractivity contribution < 1.29 is 19.0 Å². The first-order chi connectivity index (χ1) is 7.60. The van der Waals surface area contributed by atoms with Gasteiger partial charge in [-0.2, -0.15) is 0 Å². The van der Waals surface area contributed by atoms with Gasteiger partial charge in [-0.05, 0) is 20.3 Å². The molecule has 0 amide bonds. The van der Waals surface area contributed by atoms with E-state index in [4.69, 9.17) is 14.2 Å². The van der Waals surface area contributed by atoms with Crippen LogP contribution in [0.2, 0.25) is 0 Å². The van der Waals surface area contributed by atoms with E-state index in [9.17, 15) is 4.79 Å². The first-order valence-electron chi connectivity index (χ1n) is 5.70. The summed E-state index contributed by atoms with van der Waals surface area (Å²) >= 11 is 0. The quantitative estimate of drug-likeness (QED) is 0.264. The molecular weight excluding hydrogens is 208 g/mol. The second-order valence-electron chi connectivity index (χ2n) is 3.49. The number of hydrogen-bond acceptors (Lipinski definition) is 4. The summed E-state index contributed by atoms with van der Waals surface area (Å²) in [6, 6.07) is 0. The summed E-state index contributed by atoms with van der Waals surface area (Å²) in [7, 11) is 0. The molecule has 0 aromatic rings. The molecule has 0 fully saturated rings. The number of carbonyl (C=O) groups excluding carboxylic acids is 1. The molecule has 0 N–H and O–H groups in total. The SMILES string of the molecule is C=CC(=O)OC(C)OC(C)OCCCCC. The maximum atomic E-state index is 10.8. The number of hydrogen-bond donors (Lipinski definition) is 0. The van der Waals surface area contributed by atoms with Crippen LogP contribution in [-0.4, -0.2) is 25.2 Å². The fourth-order valence-corrected chi connectivity index (χ4v) is 1.15. The Labute approximate surface area is 97.6 Å². The predicted octanol–water partition coefficient (Wildman–Crippen LogP) is 2.63. The van der Waals surface area contributed by atoms with Gasteiger partial charge in [-0.25, -0.2) is 4.79 Å². The van der Waals surface area contributed by atoms with Gasteiger partial charge >= 0.3 is 5.97 Å². The maximum absolute atomic E-state index is 10.8. The van der Waals surface area contributed by atoms with Crippen LogP contribution in [0.1, 0.15) is 40.0 Å². The number of rotatable bonds is 9. The highest BCUT2D eigenvalue weighted by Gasteiger charge is 2.11. The summed E-state index contributed by atoms with van der Waals surface area (Å²) in [5.41, 5.74) is 0. The molecule has 0 saturated heterocycles. The highest BCUT2D eigenvalue weighted by Crippen LogP contribution is 2.04. The van der Waals surface area contributed by atoms with Crippen molar-refractivity contribution in [3.8, 4) is 0 Å². The van der Waals surface area contributed by atoms with E-state index < -0.39 is 12.3 Å². The predicted molar refractivity (Wildman–Crippen MR) is 61.8 cm³/mol. The van der Waals surface area contributed by atoms with Crippen molar-refractivity contribution in [2.75, 3.05) is 6.61 Å². The molecule has 0 bridgehead atoms. The molecule has 0 aliphatic rings. The van der Waals surface area contributed by atoms with Gasteiger partial charge in [-0.3, -0.25) is 0 Å². The largest absolute Gasteiger partial charge is 0.433 e. The molecule has 0 radical (unpaired) electrons. The molecule has 0 rings (SSSR count). The Morgan fingerprint density at radius 2 is 2.00 bits per heavy atom. The van der Waals surface area contributed by atoms with Crippen molar-refractivity contribution in [1.82, 2.24) is 0 Å². The average molecular weight is 230 g/mol. The fourth-order valence-electron chi connectivity index (χ4n) is 1.15. The first-order valence-corrected chi connectivity index (χ1v) is 5.70. The smallest absolute Gasteiger partial charge is 0.332 e. The number of carbonyl (C=O) groups is 1. The van der Waals surface area contributed by atoms with E-state index in [1.54, 1.807) is 13.8 Å². The molecule has 0 aliphatic heterocycles. The minimum atomic E-state index is -0.619.